The van der Waals surface area contributed by atoms with E-state index >= 15 is 0 Å². The van der Waals surface area contributed by atoms with E-state index in [1.54, 1.807) is 12.1 Å². The summed E-state index contributed by atoms with van der Waals surface area (Å²) in [5, 5.41) is 10.7. The molecule has 2 aromatic carbocycles. The highest BCUT2D eigenvalue weighted by Crippen LogP contribution is 2.28. The maximum atomic E-state index is 10.7. The molecule has 1 aromatic heterocycles. The summed E-state index contributed by atoms with van der Waals surface area (Å²) in [6, 6.07) is 15.8. The number of anilines is 1. The molecule has 6 heteroatoms. The maximum Gasteiger partial charge on any atom is 0.269 e. The zero-order chi connectivity index (χ0) is 14.8. The number of imidazole rings is 1. The highest BCUT2D eigenvalue weighted by Gasteiger charge is 2.12. The minimum atomic E-state index is -0.435. The predicted molar refractivity (Wildman–Crippen MR) is 80.5 cm³/mol. The fraction of sp³-hybridized carbons (Fsp3) is 0. The summed E-state index contributed by atoms with van der Waals surface area (Å²) in [4.78, 5) is 17.7. The molecule has 0 fully saturated rings. The second kappa shape index (κ2) is 5.09. The van der Waals surface area contributed by atoms with Crippen molar-refractivity contribution in [2.24, 2.45) is 0 Å². The SMILES string of the molecule is Nc1nc(-c2ccc([N+](=O)[O-])cc2)[nH]c1-c1ccccc1. The fourth-order valence-electron chi connectivity index (χ4n) is 2.09. The third-order valence-corrected chi connectivity index (χ3v) is 3.15. The van der Waals surface area contributed by atoms with Gasteiger partial charge in [0.15, 0.2) is 0 Å². The van der Waals surface area contributed by atoms with Gasteiger partial charge in [-0.2, -0.15) is 0 Å². The van der Waals surface area contributed by atoms with Gasteiger partial charge in [0.25, 0.3) is 5.69 Å². The molecule has 0 unspecified atom stereocenters. The molecular formula is C15H12N4O2. The number of nitrogens with two attached hydrogens (primary N) is 1. The molecule has 0 radical (unpaired) electrons. The molecule has 104 valence electrons. The minimum Gasteiger partial charge on any atom is -0.382 e. The molecule has 21 heavy (non-hydrogen) atoms. The van der Waals surface area contributed by atoms with Crippen LogP contribution in [0.5, 0.6) is 0 Å². The Balaban J connectivity index is 1.99. The number of nitrogen functional groups attached to an aromatic ring is 1. The quantitative estimate of drug-likeness (QED) is 0.568. The molecule has 6 nitrogen and oxygen atoms in total. The van der Waals surface area contributed by atoms with Crippen molar-refractivity contribution in [1.29, 1.82) is 0 Å². The number of nitrogens with one attached hydrogen (secondary N) is 1. The molecule has 1 heterocycles. The van der Waals surface area contributed by atoms with Gasteiger partial charge >= 0.3 is 0 Å². The van der Waals surface area contributed by atoms with Gasteiger partial charge in [-0.05, 0) is 12.1 Å². The molecular weight excluding hydrogens is 268 g/mol. The van der Waals surface area contributed by atoms with Crippen molar-refractivity contribution in [1.82, 2.24) is 9.97 Å². The first-order valence-electron chi connectivity index (χ1n) is 6.31. The summed E-state index contributed by atoms with van der Waals surface area (Å²) in [6.07, 6.45) is 0. The Labute approximate surface area is 120 Å². The Morgan fingerprint density at radius 3 is 2.29 bits per heavy atom. The summed E-state index contributed by atoms with van der Waals surface area (Å²) < 4.78 is 0. The summed E-state index contributed by atoms with van der Waals surface area (Å²) >= 11 is 0. The van der Waals surface area contributed by atoms with Crippen LogP contribution in [-0.2, 0) is 0 Å². The zero-order valence-electron chi connectivity index (χ0n) is 11.0. The number of benzene rings is 2. The van der Waals surface area contributed by atoms with Gasteiger partial charge in [-0.1, -0.05) is 30.3 Å². The van der Waals surface area contributed by atoms with Crippen LogP contribution in [0.15, 0.2) is 54.6 Å². The number of rotatable bonds is 3. The Kier molecular flexibility index (Phi) is 3.12. The lowest BCUT2D eigenvalue weighted by atomic mass is 10.1. The standard InChI is InChI=1S/C15H12N4O2/c16-14-13(10-4-2-1-3-5-10)17-15(18-14)11-6-8-12(9-7-11)19(20)21/h1-9H,16H2,(H,17,18). The van der Waals surface area contributed by atoms with Crippen LogP contribution < -0.4 is 5.73 Å². The molecule has 0 bridgehead atoms. The van der Waals surface area contributed by atoms with Crippen molar-refractivity contribution >= 4 is 11.5 Å². The van der Waals surface area contributed by atoms with Crippen LogP contribution in [0, 0.1) is 10.1 Å². The molecule has 0 spiro atoms. The summed E-state index contributed by atoms with van der Waals surface area (Å²) in [7, 11) is 0. The van der Waals surface area contributed by atoms with E-state index in [-0.39, 0.29) is 5.69 Å². The molecule has 0 saturated heterocycles. The number of hydrogen-bond donors (Lipinski definition) is 2. The van der Waals surface area contributed by atoms with Crippen LogP contribution in [-0.4, -0.2) is 14.9 Å². The molecule has 0 amide bonds. The van der Waals surface area contributed by atoms with E-state index in [4.69, 9.17) is 5.73 Å². The van der Waals surface area contributed by atoms with Gasteiger partial charge in [-0.15, -0.1) is 0 Å². The van der Waals surface area contributed by atoms with E-state index in [0.717, 1.165) is 16.8 Å². The van der Waals surface area contributed by atoms with Crippen molar-refractivity contribution in [3.05, 3.63) is 64.7 Å². The van der Waals surface area contributed by atoms with Crippen LogP contribution in [0.1, 0.15) is 0 Å². The average molecular weight is 280 g/mol. The average Bonchev–Trinajstić information content (AvgIpc) is 2.90. The van der Waals surface area contributed by atoms with Gasteiger partial charge in [0.05, 0.1) is 10.6 Å². The number of aromatic amines is 1. The van der Waals surface area contributed by atoms with Crippen LogP contribution in [0.2, 0.25) is 0 Å². The first-order chi connectivity index (χ1) is 10.1. The van der Waals surface area contributed by atoms with E-state index in [9.17, 15) is 10.1 Å². The fourth-order valence-corrected chi connectivity index (χ4v) is 2.09. The van der Waals surface area contributed by atoms with Crippen LogP contribution >= 0.6 is 0 Å². The van der Waals surface area contributed by atoms with Crippen molar-refractivity contribution in [3.63, 3.8) is 0 Å². The van der Waals surface area contributed by atoms with E-state index in [0.29, 0.717) is 11.6 Å². The Morgan fingerprint density at radius 1 is 1.00 bits per heavy atom. The van der Waals surface area contributed by atoms with Gasteiger partial charge in [0.1, 0.15) is 11.6 Å². The third-order valence-electron chi connectivity index (χ3n) is 3.15. The molecule has 0 atom stereocenters. The van der Waals surface area contributed by atoms with Crippen molar-refractivity contribution in [3.8, 4) is 22.6 Å². The summed E-state index contributed by atoms with van der Waals surface area (Å²) in [5.74, 6) is 0.982. The lowest BCUT2D eigenvalue weighted by molar-refractivity contribution is -0.384. The Hall–Kier alpha value is -3.15. The molecule has 0 aliphatic carbocycles. The topological polar surface area (TPSA) is 97.8 Å². The highest BCUT2D eigenvalue weighted by atomic mass is 16.6. The number of H-pyrrole nitrogens is 1. The van der Waals surface area contributed by atoms with Gasteiger partial charge < -0.3 is 10.7 Å². The highest BCUT2D eigenvalue weighted by molar-refractivity contribution is 5.74. The van der Waals surface area contributed by atoms with E-state index < -0.39 is 4.92 Å². The van der Waals surface area contributed by atoms with Crippen molar-refractivity contribution in [2.75, 3.05) is 5.73 Å². The lowest BCUT2D eigenvalue weighted by Gasteiger charge is -1.98. The maximum absolute atomic E-state index is 10.7. The van der Waals surface area contributed by atoms with Crippen LogP contribution in [0.3, 0.4) is 0 Å². The van der Waals surface area contributed by atoms with Crippen LogP contribution in [0.25, 0.3) is 22.6 Å². The van der Waals surface area contributed by atoms with Crippen molar-refractivity contribution in [2.45, 2.75) is 0 Å². The Morgan fingerprint density at radius 2 is 1.67 bits per heavy atom. The molecule has 3 N–H and O–H groups in total. The summed E-state index contributed by atoms with van der Waals surface area (Å²) in [6.45, 7) is 0. The Bertz CT molecular complexity index is 779. The smallest absolute Gasteiger partial charge is 0.269 e. The number of nitro benzene ring substituents is 1. The largest absolute Gasteiger partial charge is 0.382 e. The number of non-ortho nitro benzene ring substituents is 1. The van der Waals surface area contributed by atoms with E-state index in [1.165, 1.54) is 12.1 Å². The monoisotopic (exact) mass is 280 g/mol. The second-order valence-corrected chi connectivity index (χ2v) is 4.52. The molecule has 0 aliphatic rings. The molecule has 0 aliphatic heterocycles. The first-order valence-corrected chi connectivity index (χ1v) is 6.31. The normalized spacial score (nSPS) is 10.5. The first kappa shape index (κ1) is 12.9. The van der Waals surface area contributed by atoms with E-state index in [1.807, 2.05) is 30.3 Å². The predicted octanol–water partition coefficient (Wildman–Crippen LogP) is 3.23. The van der Waals surface area contributed by atoms with E-state index in [2.05, 4.69) is 9.97 Å². The van der Waals surface area contributed by atoms with Crippen molar-refractivity contribution < 1.29 is 4.92 Å². The van der Waals surface area contributed by atoms with Gasteiger partial charge in [-0.3, -0.25) is 10.1 Å². The zero-order valence-corrected chi connectivity index (χ0v) is 11.0. The van der Waals surface area contributed by atoms with Gasteiger partial charge in [0.2, 0.25) is 0 Å². The third kappa shape index (κ3) is 2.46. The molecule has 3 aromatic rings. The summed E-state index contributed by atoms with van der Waals surface area (Å²) in [5.41, 5.74) is 8.41. The second-order valence-electron chi connectivity index (χ2n) is 4.52. The molecule has 3 rings (SSSR count). The van der Waals surface area contributed by atoms with Gasteiger partial charge in [0, 0.05) is 23.3 Å². The number of nitrogens with zero attached hydrogens (tertiary/aromatic N) is 2. The minimum absolute atomic E-state index is 0.0431. The van der Waals surface area contributed by atoms with Gasteiger partial charge in [-0.25, -0.2) is 4.98 Å². The number of hydrogen-bond acceptors (Lipinski definition) is 4. The van der Waals surface area contributed by atoms with Crippen LogP contribution in [0.4, 0.5) is 11.5 Å². The molecule has 0 saturated carbocycles. The lowest BCUT2D eigenvalue weighted by Crippen LogP contribution is -1.88. The number of nitro groups is 1. The number of aromatic nitrogens is 2.